The number of benzene rings is 1. The van der Waals surface area contributed by atoms with E-state index in [0.29, 0.717) is 11.6 Å². The Labute approximate surface area is 160 Å². The van der Waals surface area contributed by atoms with Crippen molar-refractivity contribution in [1.29, 1.82) is 0 Å². The maximum absolute atomic E-state index is 12.5. The van der Waals surface area contributed by atoms with Gasteiger partial charge in [-0.3, -0.25) is 4.79 Å². The number of carbonyl (C=O) groups excluding carboxylic acids is 1. The zero-order valence-electron chi connectivity index (χ0n) is 16.3. The summed E-state index contributed by atoms with van der Waals surface area (Å²) < 4.78 is 0. The number of likely N-dealkylation sites (N-methyl/N-ethyl adjacent to an activating group) is 1. The van der Waals surface area contributed by atoms with Gasteiger partial charge in [0.05, 0.1) is 0 Å². The van der Waals surface area contributed by atoms with E-state index in [1.807, 2.05) is 12.1 Å². The molecule has 0 saturated carbocycles. The van der Waals surface area contributed by atoms with Crippen LogP contribution in [0.2, 0.25) is 0 Å². The number of nitrogens with zero attached hydrogens (tertiary/aromatic N) is 4. The summed E-state index contributed by atoms with van der Waals surface area (Å²) in [4.78, 5) is 25.7. The summed E-state index contributed by atoms with van der Waals surface area (Å²) in [6, 6.07) is 9.85. The number of hydrogen-bond donors (Lipinski definition) is 2. The number of nitrogens with one attached hydrogen (secondary N) is 2. The first-order valence-electron chi connectivity index (χ1n) is 9.49. The van der Waals surface area contributed by atoms with Crippen LogP contribution in [0.5, 0.6) is 0 Å². The second kappa shape index (κ2) is 8.81. The first-order chi connectivity index (χ1) is 13.0. The number of piperazine rings is 1. The monoisotopic (exact) mass is 368 g/mol. The standard InChI is InChI=1S/C20H28N6O/c1-4-15(2)22-20-21-10-9-18(24-20)19(27)23-16-5-7-17(8-6-16)26-13-11-25(3)12-14-26/h5-10,15H,4,11-14H2,1-3H3,(H,23,27)(H,21,22,24). The molecule has 2 aromatic rings. The summed E-state index contributed by atoms with van der Waals surface area (Å²) in [7, 11) is 2.15. The van der Waals surface area contributed by atoms with E-state index in [0.717, 1.165) is 38.3 Å². The maximum atomic E-state index is 12.5. The third kappa shape index (κ3) is 5.17. The Morgan fingerprint density at radius 1 is 1.15 bits per heavy atom. The summed E-state index contributed by atoms with van der Waals surface area (Å²) in [6.45, 7) is 8.32. The largest absolute Gasteiger partial charge is 0.369 e. The fourth-order valence-corrected chi connectivity index (χ4v) is 2.89. The van der Waals surface area contributed by atoms with Crippen molar-refractivity contribution in [1.82, 2.24) is 14.9 Å². The van der Waals surface area contributed by atoms with E-state index in [4.69, 9.17) is 0 Å². The molecule has 7 nitrogen and oxygen atoms in total. The van der Waals surface area contributed by atoms with Crippen LogP contribution < -0.4 is 15.5 Å². The van der Waals surface area contributed by atoms with Gasteiger partial charge in [0, 0.05) is 49.8 Å². The minimum absolute atomic E-state index is 0.239. The molecule has 7 heteroatoms. The number of hydrogen-bond acceptors (Lipinski definition) is 6. The zero-order chi connectivity index (χ0) is 19.2. The van der Waals surface area contributed by atoms with Crippen molar-refractivity contribution in [2.45, 2.75) is 26.3 Å². The van der Waals surface area contributed by atoms with Crippen molar-refractivity contribution >= 4 is 23.2 Å². The predicted octanol–water partition coefficient (Wildman–Crippen LogP) is 2.69. The molecular formula is C20H28N6O. The fourth-order valence-electron chi connectivity index (χ4n) is 2.89. The van der Waals surface area contributed by atoms with E-state index in [1.165, 1.54) is 5.69 Å². The fraction of sp³-hybridized carbons (Fsp3) is 0.450. The molecule has 1 aromatic heterocycles. The number of rotatable bonds is 6. The molecule has 1 aromatic carbocycles. The van der Waals surface area contributed by atoms with Gasteiger partial charge in [-0.05, 0) is 50.7 Å². The van der Waals surface area contributed by atoms with Crippen molar-refractivity contribution in [3.63, 3.8) is 0 Å². The molecule has 0 radical (unpaired) electrons. The normalized spacial score (nSPS) is 16.0. The van der Waals surface area contributed by atoms with Crippen LogP contribution in [0.4, 0.5) is 17.3 Å². The van der Waals surface area contributed by atoms with Gasteiger partial charge in [0.15, 0.2) is 0 Å². The zero-order valence-corrected chi connectivity index (χ0v) is 16.3. The third-order valence-corrected chi connectivity index (χ3v) is 4.87. The molecule has 27 heavy (non-hydrogen) atoms. The van der Waals surface area contributed by atoms with Gasteiger partial charge < -0.3 is 20.4 Å². The minimum Gasteiger partial charge on any atom is -0.369 e. The van der Waals surface area contributed by atoms with Crippen LogP contribution in [0.15, 0.2) is 36.5 Å². The molecule has 1 aliphatic heterocycles. The number of carbonyl (C=O) groups is 1. The van der Waals surface area contributed by atoms with Gasteiger partial charge in [-0.2, -0.15) is 0 Å². The van der Waals surface area contributed by atoms with Crippen molar-refractivity contribution in [3.8, 4) is 0 Å². The predicted molar refractivity (Wildman–Crippen MR) is 110 cm³/mol. The topological polar surface area (TPSA) is 73.4 Å². The molecule has 1 atom stereocenters. The van der Waals surface area contributed by atoms with E-state index < -0.39 is 0 Å². The lowest BCUT2D eigenvalue weighted by Gasteiger charge is -2.34. The van der Waals surface area contributed by atoms with Crippen LogP contribution in [-0.4, -0.2) is 60.0 Å². The van der Waals surface area contributed by atoms with Crippen LogP contribution in [0, 0.1) is 0 Å². The van der Waals surface area contributed by atoms with Gasteiger partial charge in [0.1, 0.15) is 5.69 Å². The highest BCUT2D eigenvalue weighted by atomic mass is 16.1. The molecule has 3 rings (SSSR count). The van der Waals surface area contributed by atoms with E-state index in [1.54, 1.807) is 12.3 Å². The quantitative estimate of drug-likeness (QED) is 0.817. The summed E-state index contributed by atoms with van der Waals surface area (Å²) in [5.41, 5.74) is 2.29. The molecule has 2 heterocycles. The molecule has 1 aliphatic rings. The lowest BCUT2D eigenvalue weighted by Crippen LogP contribution is -2.44. The van der Waals surface area contributed by atoms with Crippen LogP contribution in [0.3, 0.4) is 0 Å². The molecule has 0 aliphatic carbocycles. The first-order valence-corrected chi connectivity index (χ1v) is 9.49. The van der Waals surface area contributed by atoms with Crippen LogP contribution in [0.1, 0.15) is 30.8 Å². The summed E-state index contributed by atoms with van der Waals surface area (Å²) in [5, 5.41) is 6.09. The Hall–Kier alpha value is -2.67. The molecule has 1 fully saturated rings. The average molecular weight is 368 g/mol. The van der Waals surface area contributed by atoms with Gasteiger partial charge in [0.25, 0.3) is 5.91 Å². The van der Waals surface area contributed by atoms with Gasteiger partial charge in [-0.15, -0.1) is 0 Å². The van der Waals surface area contributed by atoms with E-state index in [9.17, 15) is 4.79 Å². The summed E-state index contributed by atoms with van der Waals surface area (Å²) in [5.74, 6) is 0.236. The lowest BCUT2D eigenvalue weighted by molar-refractivity contribution is 0.102. The first kappa shape index (κ1) is 19.1. The highest BCUT2D eigenvalue weighted by Crippen LogP contribution is 2.19. The highest BCUT2D eigenvalue weighted by Gasteiger charge is 2.15. The van der Waals surface area contributed by atoms with Crippen molar-refractivity contribution in [2.24, 2.45) is 0 Å². The molecular weight excluding hydrogens is 340 g/mol. The lowest BCUT2D eigenvalue weighted by atomic mass is 10.2. The van der Waals surface area contributed by atoms with Crippen LogP contribution in [0.25, 0.3) is 0 Å². The molecule has 1 saturated heterocycles. The Kier molecular flexibility index (Phi) is 6.24. The Bertz CT molecular complexity index is 755. The Morgan fingerprint density at radius 2 is 1.85 bits per heavy atom. The van der Waals surface area contributed by atoms with Gasteiger partial charge in [0.2, 0.25) is 5.95 Å². The molecule has 0 spiro atoms. The molecule has 144 valence electrons. The van der Waals surface area contributed by atoms with E-state index >= 15 is 0 Å². The van der Waals surface area contributed by atoms with Gasteiger partial charge in [-0.25, -0.2) is 9.97 Å². The van der Waals surface area contributed by atoms with E-state index in [2.05, 4.69) is 63.4 Å². The van der Waals surface area contributed by atoms with Crippen molar-refractivity contribution < 1.29 is 4.79 Å². The van der Waals surface area contributed by atoms with E-state index in [-0.39, 0.29) is 11.9 Å². The Balaban J connectivity index is 1.61. The summed E-state index contributed by atoms with van der Waals surface area (Å²) in [6.07, 6.45) is 2.56. The van der Waals surface area contributed by atoms with Gasteiger partial charge in [-0.1, -0.05) is 6.92 Å². The second-order valence-electron chi connectivity index (χ2n) is 7.01. The third-order valence-electron chi connectivity index (χ3n) is 4.87. The molecule has 0 bridgehead atoms. The smallest absolute Gasteiger partial charge is 0.274 e. The minimum atomic E-state index is -0.239. The Morgan fingerprint density at radius 3 is 2.52 bits per heavy atom. The van der Waals surface area contributed by atoms with Crippen molar-refractivity contribution in [3.05, 3.63) is 42.2 Å². The van der Waals surface area contributed by atoms with Crippen LogP contribution in [-0.2, 0) is 0 Å². The van der Waals surface area contributed by atoms with Crippen LogP contribution >= 0.6 is 0 Å². The molecule has 1 amide bonds. The number of anilines is 3. The SMILES string of the molecule is CCC(C)Nc1nccc(C(=O)Nc2ccc(N3CCN(C)CC3)cc2)n1. The summed E-state index contributed by atoms with van der Waals surface area (Å²) >= 11 is 0. The molecule has 2 N–H and O–H groups in total. The van der Waals surface area contributed by atoms with Crippen molar-refractivity contribution in [2.75, 3.05) is 48.8 Å². The maximum Gasteiger partial charge on any atom is 0.274 e. The average Bonchev–Trinajstić information content (AvgIpc) is 2.69. The highest BCUT2D eigenvalue weighted by molar-refractivity contribution is 6.03. The number of amides is 1. The number of aromatic nitrogens is 2. The van der Waals surface area contributed by atoms with Gasteiger partial charge >= 0.3 is 0 Å². The molecule has 1 unspecified atom stereocenters. The second-order valence-corrected chi connectivity index (χ2v) is 7.01.